The predicted octanol–water partition coefficient (Wildman–Crippen LogP) is 5.17. The first kappa shape index (κ1) is 21.8. The van der Waals surface area contributed by atoms with Crippen molar-refractivity contribution in [2.75, 3.05) is 4.31 Å². The van der Waals surface area contributed by atoms with Crippen molar-refractivity contribution >= 4 is 56.0 Å². The van der Waals surface area contributed by atoms with E-state index in [-0.39, 0.29) is 16.2 Å². The van der Waals surface area contributed by atoms with Gasteiger partial charge in [-0.2, -0.15) is 17.5 Å². The number of halogens is 4. The molecule has 0 bridgehead atoms. The number of carbonyl (C=O) groups excluding carboxylic acids is 1. The van der Waals surface area contributed by atoms with E-state index < -0.39 is 33.2 Å². The molecule has 0 saturated heterocycles. The third-order valence-corrected chi connectivity index (χ3v) is 6.42. The highest BCUT2D eigenvalue weighted by Gasteiger charge is 2.33. The molecule has 144 valence electrons. The molecule has 2 aromatic carbocycles. The SMILES string of the molecule is CC(=CSC(F)(F)F)C(=O)N(c1ccccc1)S(=O)(=O)c1ccc(I)cc1. The summed E-state index contributed by atoms with van der Waals surface area (Å²) in [5.74, 6) is -1.06. The van der Waals surface area contributed by atoms with Crippen LogP contribution < -0.4 is 4.31 Å². The third kappa shape index (κ3) is 5.72. The van der Waals surface area contributed by atoms with Crippen LogP contribution in [0.1, 0.15) is 6.92 Å². The van der Waals surface area contributed by atoms with Gasteiger partial charge in [0.2, 0.25) is 0 Å². The van der Waals surface area contributed by atoms with Crippen molar-refractivity contribution in [3.05, 3.63) is 69.1 Å². The Labute approximate surface area is 172 Å². The number of hydrogen-bond donors (Lipinski definition) is 0. The van der Waals surface area contributed by atoms with E-state index in [9.17, 15) is 26.4 Å². The van der Waals surface area contributed by atoms with Crippen molar-refractivity contribution in [1.82, 2.24) is 0 Å². The number of benzene rings is 2. The van der Waals surface area contributed by atoms with E-state index in [2.05, 4.69) is 0 Å². The summed E-state index contributed by atoms with van der Waals surface area (Å²) in [6.07, 6.45) is 0. The van der Waals surface area contributed by atoms with Gasteiger partial charge >= 0.3 is 5.51 Å². The van der Waals surface area contributed by atoms with Crippen molar-refractivity contribution in [1.29, 1.82) is 0 Å². The van der Waals surface area contributed by atoms with Crippen LogP contribution in [0.15, 0.2) is 70.5 Å². The average molecular weight is 527 g/mol. The second kappa shape index (κ2) is 8.65. The molecule has 0 N–H and O–H groups in total. The molecule has 0 spiro atoms. The van der Waals surface area contributed by atoms with Gasteiger partial charge in [0.25, 0.3) is 15.9 Å². The molecule has 0 aliphatic carbocycles. The minimum atomic E-state index is -4.58. The normalized spacial score (nSPS) is 12.7. The van der Waals surface area contributed by atoms with Gasteiger partial charge in [0.1, 0.15) is 0 Å². The van der Waals surface area contributed by atoms with Crippen molar-refractivity contribution in [3.63, 3.8) is 0 Å². The molecule has 0 radical (unpaired) electrons. The van der Waals surface area contributed by atoms with Gasteiger partial charge in [0, 0.05) is 9.14 Å². The van der Waals surface area contributed by atoms with Crippen LogP contribution in [0.3, 0.4) is 0 Å². The molecule has 0 atom stereocenters. The molecule has 2 aromatic rings. The zero-order valence-electron chi connectivity index (χ0n) is 13.8. The second-order valence-corrected chi connectivity index (χ2v) is 9.20. The Bertz CT molecular complexity index is 944. The van der Waals surface area contributed by atoms with E-state index >= 15 is 0 Å². The number of hydrogen-bond acceptors (Lipinski definition) is 4. The third-order valence-electron chi connectivity index (χ3n) is 3.23. The fourth-order valence-electron chi connectivity index (χ4n) is 2.01. The second-order valence-electron chi connectivity index (χ2n) is 5.23. The van der Waals surface area contributed by atoms with Crippen LogP contribution >= 0.6 is 34.4 Å². The number of para-hydroxylation sites is 1. The van der Waals surface area contributed by atoms with Crippen molar-refractivity contribution in [2.45, 2.75) is 17.3 Å². The van der Waals surface area contributed by atoms with Gasteiger partial charge in [-0.15, -0.1) is 0 Å². The summed E-state index contributed by atoms with van der Waals surface area (Å²) in [5.41, 5.74) is -4.89. The zero-order valence-corrected chi connectivity index (χ0v) is 17.6. The Kier molecular flexibility index (Phi) is 6.98. The first-order valence-electron chi connectivity index (χ1n) is 7.34. The smallest absolute Gasteiger partial charge is 0.268 e. The summed E-state index contributed by atoms with van der Waals surface area (Å²) in [4.78, 5) is 12.6. The Morgan fingerprint density at radius 2 is 1.63 bits per heavy atom. The van der Waals surface area contributed by atoms with Gasteiger partial charge in [-0.25, -0.2) is 8.42 Å². The number of thioether (sulfide) groups is 1. The quantitative estimate of drug-likeness (QED) is 0.398. The predicted molar refractivity (Wildman–Crippen MR) is 108 cm³/mol. The molecule has 0 unspecified atom stereocenters. The summed E-state index contributed by atoms with van der Waals surface area (Å²) in [6, 6.07) is 13.3. The Morgan fingerprint density at radius 1 is 1.07 bits per heavy atom. The molecule has 0 aliphatic heterocycles. The van der Waals surface area contributed by atoms with Gasteiger partial charge in [-0.1, -0.05) is 18.2 Å². The van der Waals surface area contributed by atoms with Crippen LogP contribution in [0.5, 0.6) is 0 Å². The van der Waals surface area contributed by atoms with Gasteiger partial charge in [-0.05, 0) is 83.1 Å². The summed E-state index contributed by atoms with van der Waals surface area (Å²) >= 11 is 1.49. The van der Waals surface area contributed by atoms with E-state index in [0.29, 0.717) is 9.71 Å². The standard InChI is InChI=1S/C17H13F3INO3S2/c1-12(11-26-17(18,19)20)16(23)22(14-5-3-2-4-6-14)27(24,25)15-9-7-13(21)8-10-15/h2-11H,1H3. The van der Waals surface area contributed by atoms with E-state index in [1.165, 1.54) is 36.4 Å². The lowest BCUT2D eigenvalue weighted by molar-refractivity contribution is -0.114. The number of rotatable bonds is 5. The number of amides is 1. The highest BCUT2D eigenvalue weighted by atomic mass is 127. The van der Waals surface area contributed by atoms with Gasteiger partial charge in [0.05, 0.1) is 10.6 Å². The minimum absolute atomic E-state index is 0.0332. The topological polar surface area (TPSA) is 54.5 Å². The van der Waals surface area contributed by atoms with E-state index in [1.807, 2.05) is 22.6 Å². The van der Waals surface area contributed by atoms with Crippen molar-refractivity contribution in [3.8, 4) is 0 Å². The van der Waals surface area contributed by atoms with Crippen molar-refractivity contribution < 1.29 is 26.4 Å². The Balaban J connectivity index is 2.53. The summed E-state index contributed by atoms with van der Waals surface area (Å²) in [7, 11) is -4.32. The van der Waals surface area contributed by atoms with E-state index in [0.717, 1.165) is 10.5 Å². The largest absolute Gasteiger partial charge is 0.445 e. The fraction of sp³-hybridized carbons (Fsp3) is 0.118. The van der Waals surface area contributed by atoms with Gasteiger partial charge in [0.15, 0.2) is 0 Å². The maximum atomic E-state index is 13.0. The number of nitrogens with zero attached hydrogens (tertiary/aromatic N) is 1. The van der Waals surface area contributed by atoms with Gasteiger partial charge in [-0.3, -0.25) is 4.79 Å². The average Bonchev–Trinajstić information content (AvgIpc) is 2.60. The molecule has 2 rings (SSSR count). The molecule has 0 saturated carbocycles. The molecular formula is C17H13F3INO3S2. The van der Waals surface area contributed by atoms with Crippen LogP contribution in [-0.4, -0.2) is 19.8 Å². The monoisotopic (exact) mass is 527 g/mol. The van der Waals surface area contributed by atoms with E-state index in [4.69, 9.17) is 0 Å². The maximum absolute atomic E-state index is 13.0. The maximum Gasteiger partial charge on any atom is 0.445 e. The molecule has 0 aromatic heterocycles. The van der Waals surface area contributed by atoms with Crippen LogP contribution in [0.4, 0.5) is 18.9 Å². The minimum Gasteiger partial charge on any atom is -0.268 e. The van der Waals surface area contributed by atoms with Crippen LogP contribution in [0, 0.1) is 3.57 Å². The lowest BCUT2D eigenvalue weighted by atomic mass is 10.3. The van der Waals surface area contributed by atoms with Gasteiger partial charge < -0.3 is 0 Å². The van der Waals surface area contributed by atoms with Crippen LogP contribution in [0.2, 0.25) is 0 Å². The summed E-state index contributed by atoms with van der Waals surface area (Å²) < 4.78 is 64.6. The molecule has 0 heterocycles. The molecule has 0 aliphatic rings. The highest BCUT2D eigenvalue weighted by molar-refractivity contribution is 14.1. The molecule has 0 fully saturated rings. The lowest BCUT2D eigenvalue weighted by Gasteiger charge is -2.23. The molecule has 10 heteroatoms. The number of sulfonamides is 1. The van der Waals surface area contributed by atoms with Crippen molar-refractivity contribution in [2.24, 2.45) is 0 Å². The lowest BCUT2D eigenvalue weighted by Crippen LogP contribution is -2.37. The first-order chi connectivity index (χ1) is 12.5. The Morgan fingerprint density at radius 3 is 2.15 bits per heavy atom. The Hall–Kier alpha value is -1.53. The molecule has 1 amide bonds. The number of anilines is 1. The summed E-state index contributed by atoms with van der Waals surface area (Å²) in [5, 5.41) is 0.599. The molecular weight excluding hydrogens is 514 g/mol. The number of carbonyl (C=O) groups is 1. The molecule has 4 nitrogen and oxygen atoms in total. The number of alkyl halides is 3. The summed E-state index contributed by atoms with van der Waals surface area (Å²) in [6.45, 7) is 1.14. The highest BCUT2D eigenvalue weighted by Crippen LogP contribution is 2.33. The zero-order chi connectivity index (χ0) is 20.2. The first-order valence-corrected chi connectivity index (χ1v) is 10.7. The van der Waals surface area contributed by atoms with Crippen LogP contribution in [0.25, 0.3) is 0 Å². The van der Waals surface area contributed by atoms with Crippen LogP contribution in [-0.2, 0) is 14.8 Å². The van der Waals surface area contributed by atoms with E-state index in [1.54, 1.807) is 18.2 Å². The fourth-order valence-corrected chi connectivity index (χ4v) is 4.23. The molecule has 27 heavy (non-hydrogen) atoms.